The number of aliphatic hydroxyl groups is 1. The van der Waals surface area contributed by atoms with Gasteiger partial charge in [0.2, 0.25) is 0 Å². The molecule has 0 spiro atoms. The molecule has 1 amide bonds. The summed E-state index contributed by atoms with van der Waals surface area (Å²) in [5.74, 6) is 0. The normalized spacial score (nSPS) is 23.2. The van der Waals surface area contributed by atoms with Crippen molar-refractivity contribution in [3.05, 3.63) is 0 Å². The Morgan fingerprint density at radius 1 is 1.33 bits per heavy atom. The molecule has 21 heavy (non-hydrogen) atoms. The number of rotatable bonds is 6. The minimum absolute atomic E-state index is 0.201. The monoisotopic (exact) mass is 301 g/mol. The van der Waals surface area contributed by atoms with Gasteiger partial charge in [-0.15, -0.1) is 0 Å². The second kappa shape index (κ2) is 7.99. The molecule has 1 atom stereocenters. The van der Waals surface area contributed by atoms with Crippen LogP contribution in [-0.4, -0.2) is 53.6 Å². The highest BCUT2D eigenvalue weighted by atomic mass is 16.6. The fourth-order valence-corrected chi connectivity index (χ4v) is 2.59. The van der Waals surface area contributed by atoms with E-state index in [9.17, 15) is 4.79 Å². The number of amides is 1. The van der Waals surface area contributed by atoms with Crippen molar-refractivity contribution in [3.8, 4) is 0 Å². The van der Waals surface area contributed by atoms with E-state index in [-0.39, 0.29) is 18.3 Å². The summed E-state index contributed by atoms with van der Waals surface area (Å²) >= 11 is 0. The Morgan fingerprint density at radius 2 is 2.05 bits per heavy atom. The van der Waals surface area contributed by atoms with Gasteiger partial charge in [-0.05, 0) is 52.9 Å². The van der Waals surface area contributed by atoms with Crippen molar-refractivity contribution >= 4 is 6.09 Å². The third-order valence-electron chi connectivity index (χ3n) is 3.80. The lowest BCUT2D eigenvalue weighted by Crippen LogP contribution is -2.52. The quantitative estimate of drug-likeness (QED) is 0.766. The van der Waals surface area contributed by atoms with Crippen molar-refractivity contribution in [1.82, 2.24) is 4.90 Å². The van der Waals surface area contributed by atoms with Crippen LogP contribution in [0, 0.1) is 0 Å². The topological polar surface area (TPSA) is 59.0 Å². The zero-order chi connectivity index (χ0) is 15.9. The van der Waals surface area contributed by atoms with Crippen molar-refractivity contribution in [2.75, 3.05) is 26.3 Å². The summed E-state index contributed by atoms with van der Waals surface area (Å²) in [6.45, 7) is 9.91. The van der Waals surface area contributed by atoms with Gasteiger partial charge in [-0.2, -0.15) is 0 Å². The van der Waals surface area contributed by atoms with E-state index in [1.165, 1.54) is 0 Å². The number of piperidine rings is 1. The van der Waals surface area contributed by atoms with Gasteiger partial charge in [0, 0.05) is 19.8 Å². The summed E-state index contributed by atoms with van der Waals surface area (Å²) in [6, 6.07) is 0. The zero-order valence-corrected chi connectivity index (χ0v) is 14.0. The molecule has 0 bridgehead atoms. The summed E-state index contributed by atoms with van der Waals surface area (Å²) in [5.41, 5.74) is -0.726. The SMILES string of the molecule is CCC1(OCCCCO)CCCN(C(=O)OC(C)(C)C)C1. The van der Waals surface area contributed by atoms with Gasteiger partial charge in [-0.25, -0.2) is 4.79 Å². The third kappa shape index (κ3) is 6.22. The average Bonchev–Trinajstić information content (AvgIpc) is 2.42. The van der Waals surface area contributed by atoms with Crippen LogP contribution in [0.5, 0.6) is 0 Å². The lowest BCUT2D eigenvalue weighted by Gasteiger charge is -2.42. The van der Waals surface area contributed by atoms with Crippen LogP contribution >= 0.6 is 0 Å². The Balaban J connectivity index is 2.56. The number of hydrogen-bond acceptors (Lipinski definition) is 4. The smallest absolute Gasteiger partial charge is 0.410 e. The molecule has 124 valence electrons. The van der Waals surface area contributed by atoms with Gasteiger partial charge in [0.1, 0.15) is 5.60 Å². The van der Waals surface area contributed by atoms with Crippen LogP contribution in [0.25, 0.3) is 0 Å². The highest BCUT2D eigenvalue weighted by Gasteiger charge is 2.37. The van der Waals surface area contributed by atoms with Crippen LogP contribution in [0.3, 0.4) is 0 Å². The van der Waals surface area contributed by atoms with Crippen LogP contribution in [0.15, 0.2) is 0 Å². The van der Waals surface area contributed by atoms with Gasteiger partial charge in [0.15, 0.2) is 0 Å². The predicted octanol–water partition coefficient (Wildman–Crippen LogP) is 2.96. The molecule has 1 heterocycles. The second-order valence-corrected chi connectivity index (χ2v) is 6.82. The molecule has 0 aromatic carbocycles. The first-order valence-electron chi connectivity index (χ1n) is 8.05. The number of carbonyl (C=O) groups excluding carboxylic acids is 1. The Labute approximate surface area is 128 Å². The molecule has 0 aromatic heterocycles. The van der Waals surface area contributed by atoms with Gasteiger partial charge in [-0.1, -0.05) is 6.92 Å². The Bertz CT molecular complexity index is 327. The second-order valence-electron chi connectivity index (χ2n) is 6.82. The lowest BCUT2D eigenvalue weighted by atomic mass is 9.90. The third-order valence-corrected chi connectivity index (χ3v) is 3.80. The number of unbranched alkanes of at least 4 members (excludes halogenated alkanes) is 1. The van der Waals surface area contributed by atoms with E-state index >= 15 is 0 Å². The summed E-state index contributed by atoms with van der Waals surface area (Å²) in [5, 5.41) is 8.82. The zero-order valence-electron chi connectivity index (χ0n) is 14.0. The minimum Gasteiger partial charge on any atom is -0.444 e. The van der Waals surface area contributed by atoms with E-state index < -0.39 is 5.60 Å². The van der Waals surface area contributed by atoms with Crippen LogP contribution in [0.1, 0.15) is 59.8 Å². The summed E-state index contributed by atoms with van der Waals surface area (Å²) in [6.07, 6.45) is 4.15. The Morgan fingerprint density at radius 3 is 2.62 bits per heavy atom. The van der Waals surface area contributed by atoms with E-state index in [2.05, 4.69) is 6.92 Å². The van der Waals surface area contributed by atoms with Crippen LogP contribution < -0.4 is 0 Å². The largest absolute Gasteiger partial charge is 0.444 e. The number of carbonyl (C=O) groups is 1. The fourth-order valence-electron chi connectivity index (χ4n) is 2.59. The highest BCUT2D eigenvalue weighted by molar-refractivity contribution is 5.68. The molecule has 1 aliphatic heterocycles. The predicted molar refractivity (Wildman–Crippen MR) is 82.3 cm³/mol. The summed E-state index contributed by atoms with van der Waals surface area (Å²) in [4.78, 5) is 14.0. The molecule has 0 aromatic rings. The average molecular weight is 301 g/mol. The van der Waals surface area contributed by atoms with Gasteiger partial charge in [-0.3, -0.25) is 0 Å². The molecular formula is C16H31NO4. The van der Waals surface area contributed by atoms with E-state index in [1.807, 2.05) is 20.8 Å². The standard InChI is InChI=1S/C16H31NO4/c1-5-16(20-12-7-6-11-18)9-8-10-17(13-16)14(19)21-15(2,3)4/h18H,5-13H2,1-4H3. The molecule has 0 saturated carbocycles. The molecular weight excluding hydrogens is 270 g/mol. The number of aliphatic hydroxyl groups excluding tert-OH is 1. The number of likely N-dealkylation sites (tertiary alicyclic amines) is 1. The molecule has 0 aliphatic carbocycles. The first-order chi connectivity index (χ1) is 9.82. The van der Waals surface area contributed by atoms with E-state index in [0.29, 0.717) is 13.2 Å². The first kappa shape index (κ1) is 18.2. The summed E-state index contributed by atoms with van der Waals surface area (Å²) in [7, 11) is 0. The van der Waals surface area contributed by atoms with Gasteiger partial charge in [0.25, 0.3) is 0 Å². The van der Waals surface area contributed by atoms with Crippen LogP contribution in [0.4, 0.5) is 4.79 Å². The van der Waals surface area contributed by atoms with Crippen molar-refractivity contribution in [2.45, 2.75) is 71.0 Å². The van der Waals surface area contributed by atoms with E-state index in [4.69, 9.17) is 14.6 Å². The van der Waals surface area contributed by atoms with Crippen molar-refractivity contribution in [1.29, 1.82) is 0 Å². The van der Waals surface area contributed by atoms with Crippen LogP contribution in [0.2, 0.25) is 0 Å². The molecule has 5 nitrogen and oxygen atoms in total. The molecule has 0 radical (unpaired) electrons. The molecule has 1 rings (SSSR count). The number of ether oxygens (including phenoxy) is 2. The maximum Gasteiger partial charge on any atom is 0.410 e. The van der Waals surface area contributed by atoms with E-state index in [1.54, 1.807) is 4.90 Å². The first-order valence-corrected chi connectivity index (χ1v) is 8.05. The van der Waals surface area contributed by atoms with Crippen LogP contribution in [-0.2, 0) is 9.47 Å². The Kier molecular flexibility index (Phi) is 6.94. The summed E-state index contributed by atoms with van der Waals surface area (Å²) < 4.78 is 11.5. The molecule has 5 heteroatoms. The lowest BCUT2D eigenvalue weighted by molar-refractivity contribution is -0.0944. The highest BCUT2D eigenvalue weighted by Crippen LogP contribution is 2.29. The van der Waals surface area contributed by atoms with E-state index in [0.717, 1.165) is 38.6 Å². The van der Waals surface area contributed by atoms with Crippen molar-refractivity contribution < 1.29 is 19.4 Å². The fraction of sp³-hybridized carbons (Fsp3) is 0.938. The number of nitrogens with zero attached hydrogens (tertiary/aromatic N) is 1. The maximum absolute atomic E-state index is 12.2. The van der Waals surface area contributed by atoms with Gasteiger partial charge in [0.05, 0.1) is 12.1 Å². The Hall–Kier alpha value is -0.810. The van der Waals surface area contributed by atoms with Crippen molar-refractivity contribution in [3.63, 3.8) is 0 Å². The number of hydrogen-bond donors (Lipinski definition) is 1. The maximum atomic E-state index is 12.2. The molecule has 1 fully saturated rings. The molecule has 1 N–H and O–H groups in total. The molecule has 1 saturated heterocycles. The molecule has 1 unspecified atom stereocenters. The molecule has 1 aliphatic rings. The van der Waals surface area contributed by atoms with Crippen molar-refractivity contribution in [2.24, 2.45) is 0 Å². The van der Waals surface area contributed by atoms with Gasteiger partial charge < -0.3 is 19.5 Å². The minimum atomic E-state index is -0.467. The van der Waals surface area contributed by atoms with Gasteiger partial charge >= 0.3 is 6.09 Å².